The van der Waals surface area contributed by atoms with E-state index in [1.807, 2.05) is 73.7 Å². The fourth-order valence-corrected chi connectivity index (χ4v) is 4.89. The van der Waals surface area contributed by atoms with Crippen molar-refractivity contribution in [2.45, 2.75) is 19.7 Å². The number of hydrogen-bond acceptors (Lipinski definition) is 3. The van der Waals surface area contributed by atoms with Crippen molar-refractivity contribution in [2.24, 2.45) is 0 Å². The molecule has 0 saturated heterocycles. The minimum absolute atomic E-state index is 0.0843. The van der Waals surface area contributed by atoms with Crippen LogP contribution in [0.1, 0.15) is 16.7 Å². The van der Waals surface area contributed by atoms with Crippen molar-refractivity contribution in [1.82, 2.24) is 4.98 Å². The Morgan fingerprint density at radius 2 is 1.63 bits per heavy atom. The van der Waals surface area contributed by atoms with Gasteiger partial charge in [-0.15, -0.1) is 0 Å². The number of alkyl halides is 3. The second kappa shape index (κ2) is 10.5. The fourth-order valence-electron chi connectivity index (χ4n) is 4.53. The largest absolute Gasteiger partial charge is 0.497 e. The molecule has 3 nitrogen and oxygen atoms in total. The standard InChI is InChI=1S/C31H23BrF3NO2/c1-19-7-3-4-10-24(19)26-17-36-30-25(11-6-12-27(30)31(33,34)35)29(26)20-8-5-9-23(15-20)38-18-21-16-22(37-2)13-14-28(21)32/h3-17H,18H2,1-2H3. The van der Waals surface area contributed by atoms with Gasteiger partial charge in [-0.2, -0.15) is 13.2 Å². The molecule has 0 spiro atoms. The predicted molar refractivity (Wildman–Crippen MR) is 147 cm³/mol. The van der Waals surface area contributed by atoms with Crippen LogP contribution in [0.2, 0.25) is 0 Å². The van der Waals surface area contributed by atoms with Gasteiger partial charge in [-0.3, -0.25) is 4.98 Å². The third-order valence-electron chi connectivity index (χ3n) is 6.41. The molecule has 0 atom stereocenters. The average Bonchev–Trinajstić information content (AvgIpc) is 2.91. The van der Waals surface area contributed by atoms with Gasteiger partial charge in [0.2, 0.25) is 0 Å². The van der Waals surface area contributed by atoms with Crippen molar-refractivity contribution in [1.29, 1.82) is 0 Å². The first kappa shape index (κ1) is 25.8. The molecule has 0 aliphatic carbocycles. The number of para-hydroxylation sites is 1. The van der Waals surface area contributed by atoms with Crippen LogP contribution in [-0.2, 0) is 12.8 Å². The molecule has 7 heteroatoms. The number of ether oxygens (including phenoxy) is 2. The van der Waals surface area contributed by atoms with Gasteiger partial charge in [-0.1, -0.05) is 64.5 Å². The summed E-state index contributed by atoms with van der Waals surface area (Å²) in [6, 6.07) is 25.0. The molecule has 5 rings (SSSR count). The van der Waals surface area contributed by atoms with Crippen molar-refractivity contribution < 1.29 is 22.6 Å². The van der Waals surface area contributed by atoms with Gasteiger partial charge in [0, 0.05) is 32.7 Å². The topological polar surface area (TPSA) is 31.4 Å². The third kappa shape index (κ3) is 5.11. The van der Waals surface area contributed by atoms with Crippen LogP contribution < -0.4 is 9.47 Å². The van der Waals surface area contributed by atoms with E-state index in [-0.39, 0.29) is 12.1 Å². The van der Waals surface area contributed by atoms with Crippen molar-refractivity contribution in [3.63, 3.8) is 0 Å². The van der Waals surface area contributed by atoms with Gasteiger partial charge in [0.1, 0.15) is 18.1 Å². The van der Waals surface area contributed by atoms with E-state index in [0.717, 1.165) is 38.4 Å². The summed E-state index contributed by atoms with van der Waals surface area (Å²) in [5, 5.41) is 0.424. The first-order valence-electron chi connectivity index (χ1n) is 11.9. The molecular weight excluding hydrogens is 555 g/mol. The Morgan fingerprint density at radius 3 is 2.39 bits per heavy atom. The van der Waals surface area contributed by atoms with Gasteiger partial charge >= 0.3 is 6.18 Å². The van der Waals surface area contributed by atoms with E-state index in [1.54, 1.807) is 13.2 Å². The zero-order valence-corrected chi connectivity index (χ0v) is 22.2. The lowest BCUT2D eigenvalue weighted by atomic mass is 9.90. The van der Waals surface area contributed by atoms with Crippen LogP contribution in [-0.4, -0.2) is 12.1 Å². The van der Waals surface area contributed by atoms with Crippen LogP contribution in [0.15, 0.2) is 95.6 Å². The molecule has 0 radical (unpaired) electrons. The number of pyridine rings is 1. The van der Waals surface area contributed by atoms with E-state index >= 15 is 0 Å². The fraction of sp³-hybridized carbons (Fsp3) is 0.129. The number of aromatic nitrogens is 1. The summed E-state index contributed by atoms with van der Waals surface area (Å²) in [5.74, 6) is 1.30. The lowest BCUT2D eigenvalue weighted by molar-refractivity contribution is -0.136. The molecule has 0 aliphatic heterocycles. The molecule has 0 N–H and O–H groups in total. The van der Waals surface area contributed by atoms with Crippen molar-refractivity contribution in [3.05, 3.63) is 112 Å². The molecule has 38 heavy (non-hydrogen) atoms. The molecule has 5 aromatic rings. The molecule has 0 aliphatic rings. The van der Waals surface area contributed by atoms with Crippen LogP contribution >= 0.6 is 15.9 Å². The molecule has 1 heterocycles. The molecule has 0 amide bonds. The SMILES string of the molecule is COc1ccc(Br)c(COc2cccc(-c3c(-c4ccccc4C)cnc4c(C(F)(F)F)cccc34)c2)c1. The normalized spacial score (nSPS) is 11.5. The van der Waals surface area contributed by atoms with Crippen molar-refractivity contribution in [2.75, 3.05) is 7.11 Å². The van der Waals surface area contributed by atoms with Crippen LogP contribution in [0.5, 0.6) is 11.5 Å². The summed E-state index contributed by atoms with van der Waals surface area (Å²) in [6.07, 6.45) is -2.99. The second-order valence-corrected chi connectivity index (χ2v) is 9.69. The minimum atomic E-state index is -4.52. The highest BCUT2D eigenvalue weighted by Gasteiger charge is 2.33. The van der Waals surface area contributed by atoms with Gasteiger partial charge in [0.05, 0.1) is 18.2 Å². The lowest BCUT2D eigenvalue weighted by Crippen LogP contribution is -2.07. The molecule has 0 bridgehead atoms. The predicted octanol–water partition coefficient (Wildman–Crippen LogP) is 9.25. The molecule has 0 unspecified atom stereocenters. The number of aryl methyl sites for hydroxylation is 1. The van der Waals surface area contributed by atoms with E-state index in [1.165, 1.54) is 12.3 Å². The maximum atomic E-state index is 13.9. The molecular formula is C31H23BrF3NO2. The van der Waals surface area contributed by atoms with Crippen molar-refractivity contribution in [3.8, 4) is 33.8 Å². The summed E-state index contributed by atoms with van der Waals surface area (Å²) in [4.78, 5) is 4.31. The Morgan fingerprint density at radius 1 is 0.842 bits per heavy atom. The van der Waals surface area contributed by atoms with Gasteiger partial charge in [0.15, 0.2) is 0 Å². The Hall–Kier alpha value is -3.84. The highest BCUT2D eigenvalue weighted by atomic mass is 79.9. The number of benzene rings is 4. The summed E-state index contributed by atoms with van der Waals surface area (Å²) in [5.41, 5.74) is 4.11. The smallest absolute Gasteiger partial charge is 0.418 e. The number of halogens is 4. The zero-order chi connectivity index (χ0) is 26.9. The van der Waals surface area contributed by atoms with E-state index < -0.39 is 11.7 Å². The van der Waals surface area contributed by atoms with Gasteiger partial charge in [-0.25, -0.2) is 0 Å². The van der Waals surface area contributed by atoms with E-state index in [4.69, 9.17) is 9.47 Å². The quantitative estimate of drug-likeness (QED) is 0.201. The minimum Gasteiger partial charge on any atom is -0.497 e. The summed E-state index contributed by atoms with van der Waals surface area (Å²) in [6.45, 7) is 2.25. The van der Waals surface area contributed by atoms with E-state index in [2.05, 4.69) is 20.9 Å². The number of methoxy groups -OCH3 is 1. The first-order chi connectivity index (χ1) is 18.3. The maximum absolute atomic E-state index is 13.9. The van der Waals surface area contributed by atoms with Crippen LogP contribution in [0.3, 0.4) is 0 Å². The molecule has 4 aromatic carbocycles. The molecule has 0 saturated carbocycles. The van der Waals surface area contributed by atoms with Gasteiger partial charge in [0.25, 0.3) is 0 Å². The highest BCUT2D eigenvalue weighted by Crippen LogP contribution is 2.42. The molecule has 192 valence electrons. The summed E-state index contributed by atoms with van der Waals surface area (Å²) >= 11 is 3.54. The maximum Gasteiger partial charge on any atom is 0.418 e. The lowest BCUT2D eigenvalue weighted by Gasteiger charge is -2.18. The van der Waals surface area contributed by atoms with Crippen LogP contribution in [0.25, 0.3) is 33.2 Å². The summed E-state index contributed by atoms with van der Waals surface area (Å²) in [7, 11) is 1.60. The van der Waals surface area contributed by atoms with Gasteiger partial charge in [-0.05, 0) is 60.0 Å². The average molecular weight is 578 g/mol. The Kier molecular flexibility index (Phi) is 7.13. The summed E-state index contributed by atoms with van der Waals surface area (Å²) < 4.78 is 54.0. The van der Waals surface area contributed by atoms with Crippen molar-refractivity contribution >= 4 is 26.8 Å². The first-order valence-corrected chi connectivity index (χ1v) is 12.7. The highest BCUT2D eigenvalue weighted by molar-refractivity contribution is 9.10. The van der Waals surface area contributed by atoms with E-state index in [9.17, 15) is 13.2 Å². The Labute approximate surface area is 227 Å². The number of nitrogens with zero attached hydrogens (tertiary/aromatic N) is 1. The Bertz CT molecular complexity index is 1630. The van der Waals surface area contributed by atoms with E-state index in [0.29, 0.717) is 22.4 Å². The van der Waals surface area contributed by atoms with Crippen LogP contribution in [0, 0.1) is 6.92 Å². The van der Waals surface area contributed by atoms with Crippen LogP contribution in [0.4, 0.5) is 13.2 Å². The third-order valence-corrected chi connectivity index (χ3v) is 7.18. The molecule has 0 fully saturated rings. The molecule has 1 aromatic heterocycles. The van der Waals surface area contributed by atoms with Gasteiger partial charge < -0.3 is 9.47 Å². The number of fused-ring (bicyclic) bond motifs is 1. The zero-order valence-electron chi connectivity index (χ0n) is 20.6. The number of rotatable bonds is 6. The number of hydrogen-bond donors (Lipinski definition) is 0. The Balaban J connectivity index is 1.65. The monoisotopic (exact) mass is 577 g/mol. The second-order valence-electron chi connectivity index (χ2n) is 8.84.